The molecule has 0 spiro atoms. The number of hydrogen-bond donors (Lipinski definition) is 1. The van der Waals surface area contributed by atoms with Crippen LogP contribution in [0.1, 0.15) is 34.2 Å². The summed E-state index contributed by atoms with van der Waals surface area (Å²) >= 11 is 2.96. The molecule has 0 bridgehead atoms. The predicted molar refractivity (Wildman–Crippen MR) is 140 cm³/mol. The molecular formula is C28H23F4NO3S2. The van der Waals surface area contributed by atoms with Crippen LogP contribution in [0, 0.1) is 12.7 Å². The fraction of sp³-hybridized carbons (Fsp3) is 0.214. The first-order valence-corrected chi connectivity index (χ1v) is 13.3. The van der Waals surface area contributed by atoms with Crippen molar-refractivity contribution < 1.29 is 32.2 Å². The second-order valence-electron chi connectivity index (χ2n) is 8.58. The number of rotatable bonds is 9. The molecule has 1 unspecified atom stereocenters. The highest BCUT2D eigenvalue weighted by atomic mass is 32.2. The van der Waals surface area contributed by atoms with Gasteiger partial charge >= 0.3 is 12.1 Å². The molecule has 1 N–H and O–H groups in total. The van der Waals surface area contributed by atoms with E-state index in [-0.39, 0.29) is 5.82 Å². The Labute approximate surface area is 225 Å². The van der Waals surface area contributed by atoms with E-state index < -0.39 is 23.8 Å². The SMILES string of the molecule is Cc1cc(SCc2sc(-c3ccc(C(F)(F)F)cc3)nc2Cc2ccc(F)cc2)ccc1OC(C)C(=O)O. The van der Waals surface area contributed by atoms with E-state index in [2.05, 4.69) is 0 Å². The molecule has 1 aromatic heterocycles. The predicted octanol–water partition coefficient (Wildman–Crippen LogP) is 8.01. The number of benzene rings is 3. The lowest BCUT2D eigenvalue weighted by Crippen LogP contribution is -2.23. The molecule has 4 rings (SSSR count). The zero-order valence-electron chi connectivity index (χ0n) is 20.4. The van der Waals surface area contributed by atoms with Gasteiger partial charge < -0.3 is 9.84 Å². The Balaban J connectivity index is 1.57. The molecule has 0 radical (unpaired) electrons. The van der Waals surface area contributed by atoms with Crippen LogP contribution in [0.25, 0.3) is 10.6 Å². The van der Waals surface area contributed by atoms with Crippen LogP contribution >= 0.6 is 23.1 Å². The lowest BCUT2D eigenvalue weighted by molar-refractivity contribution is -0.144. The van der Waals surface area contributed by atoms with Gasteiger partial charge in [0.05, 0.1) is 11.3 Å². The van der Waals surface area contributed by atoms with Gasteiger partial charge in [-0.25, -0.2) is 14.2 Å². The van der Waals surface area contributed by atoms with Crippen molar-refractivity contribution in [2.24, 2.45) is 0 Å². The van der Waals surface area contributed by atoms with Crippen LogP contribution < -0.4 is 4.74 Å². The number of aromatic nitrogens is 1. The van der Waals surface area contributed by atoms with Gasteiger partial charge in [-0.1, -0.05) is 24.3 Å². The molecule has 4 aromatic rings. The molecule has 0 amide bonds. The number of carboxylic acids is 1. The van der Waals surface area contributed by atoms with Crippen LogP contribution in [-0.2, 0) is 23.1 Å². The quantitative estimate of drug-likeness (QED) is 0.166. The molecular weight excluding hydrogens is 538 g/mol. The van der Waals surface area contributed by atoms with Crippen molar-refractivity contribution in [1.29, 1.82) is 0 Å². The Morgan fingerprint density at radius 3 is 2.37 bits per heavy atom. The summed E-state index contributed by atoms with van der Waals surface area (Å²) in [6, 6.07) is 16.5. The van der Waals surface area contributed by atoms with E-state index >= 15 is 0 Å². The average Bonchev–Trinajstić information content (AvgIpc) is 3.27. The van der Waals surface area contributed by atoms with E-state index in [4.69, 9.17) is 14.8 Å². The number of halogens is 4. The van der Waals surface area contributed by atoms with Gasteiger partial charge in [-0.3, -0.25) is 0 Å². The van der Waals surface area contributed by atoms with Gasteiger partial charge in [0.15, 0.2) is 6.10 Å². The number of thioether (sulfide) groups is 1. The number of carbonyl (C=O) groups is 1. The molecule has 0 fully saturated rings. The minimum Gasteiger partial charge on any atom is -0.479 e. The van der Waals surface area contributed by atoms with E-state index in [9.17, 15) is 22.4 Å². The second-order valence-corrected chi connectivity index (χ2v) is 10.7. The van der Waals surface area contributed by atoms with Crippen molar-refractivity contribution in [3.8, 4) is 16.3 Å². The smallest absolute Gasteiger partial charge is 0.416 e. The first-order valence-electron chi connectivity index (χ1n) is 11.5. The summed E-state index contributed by atoms with van der Waals surface area (Å²) in [4.78, 5) is 17.7. The fourth-order valence-electron chi connectivity index (χ4n) is 3.59. The Bertz CT molecular complexity index is 1420. The van der Waals surface area contributed by atoms with Crippen molar-refractivity contribution in [2.45, 2.75) is 43.2 Å². The van der Waals surface area contributed by atoms with Gasteiger partial charge in [-0.2, -0.15) is 13.2 Å². The molecule has 1 atom stereocenters. The molecule has 0 aliphatic rings. The van der Waals surface area contributed by atoms with E-state index in [1.54, 1.807) is 30.0 Å². The molecule has 3 aromatic carbocycles. The number of hydrogen-bond acceptors (Lipinski definition) is 5. The zero-order valence-corrected chi connectivity index (χ0v) is 22.0. The number of carboxylic acid groups (broad SMARTS) is 1. The second kappa shape index (κ2) is 11.6. The molecule has 198 valence electrons. The number of alkyl halides is 3. The maximum Gasteiger partial charge on any atom is 0.416 e. The van der Waals surface area contributed by atoms with Crippen molar-refractivity contribution in [1.82, 2.24) is 4.98 Å². The lowest BCUT2D eigenvalue weighted by atomic mass is 10.1. The Morgan fingerprint density at radius 2 is 1.76 bits per heavy atom. The minimum atomic E-state index is -4.42. The summed E-state index contributed by atoms with van der Waals surface area (Å²) in [5.74, 6) is -0.344. The average molecular weight is 562 g/mol. The highest BCUT2D eigenvalue weighted by Crippen LogP contribution is 2.36. The molecule has 4 nitrogen and oxygen atoms in total. The van der Waals surface area contributed by atoms with Crippen LogP contribution in [0.15, 0.2) is 71.6 Å². The van der Waals surface area contributed by atoms with E-state index in [1.807, 2.05) is 19.1 Å². The zero-order chi connectivity index (χ0) is 27.4. The van der Waals surface area contributed by atoms with Gasteiger partial charge in [0.1, 0.15) is 16.6 Å². The monoisotopic (exact) mass is 561 g/mol. The van der Waals surface area contributed by atoms with E-state index in [1.165, 1.54) is 42.5 Å². The number of ether oxygens (including phenoxy) is 1. The minimum absolute atomic E-state index is 0.339. The third-order valence-electron chi connectivity index (χ3n) is 5.69. The van der Waals surface area contributed by atoms with Crippen LogP contribution in [-0.4, -0.2) is 22.2 Å². The van der Waals surface area contributed by atoms with Crippen LogP contribution in [0.5, 0.6) is 5.75 Å². The van der Waals surface area contributed by atoms with E-state index in [0.29, 0.717) is 28.5 Å². The van der Waals surface area contributed by atoms with Crippen LogP contribution in [0.2, 0.25) is 0 Å². The molecule has 0 aliphatic heterocycles. The number of thiazole rings is 1. The topological polar surface area (TPSA) is 59.4 Å². The lowest BCUT2D eigenvalue weighted by Gasteiger charge is -2.13. The number of nitrogens with zero attached hydrogens (tertiary/aromatic N) is 1. The first kappa shape index (κ1) is 27.7. The van der Waals surface area contributed by atoms with Gasteiger partial charge in [0, 0.05) is 27.5 Å². The third-order valence-corrected chi connectivity index (χ3v) is 8.04. The van der Waals surface area contributed by atoms with E-state index in [0.717, 1.165) is 38.7 Å². The summed E-state index contributed by atoms with van der Waals surface area (Å²) in [5.41, 5.74) is 2.30. The van der Waals surface area contributed by atoms with Crippen molar-refractivity contribution in [2.75, 3.05) is 0 Å². The number of aliphatic carboxylic acids is 1. The van der Waals surface area contributed by atoms with Gasteiger partial charge in [-0.05, 0) is 67.4 Å². The molecule has 0 aliphatic carbocycles. The van der Waals surface area contributed by atoms with Crippen molar-refractivity contribution in [3.05, 3.63) is 99.8 Å². The number of aryl methyl sites for hydroxylation is 1. The van der Waals surface area contributed by atoms with Gasteiger partial charge in [0.2, 0.25) is 0 Å². The molecule has 10 heteroatoms. The Morgan fingerprint density at radius 1 is 1.08 bits per heavy atom. The first-order chi connectivity index (χ1) is 18.0. The fourth-order valence-corrected chi connectivity index (χ4v) is 5.77. The molecule has 38 heavy (non-hydrogen) atoms. The normalized spacial score (nSPS) is 12.4. The Hall–Kier alpha value is -3.37. The largest absolute Gasteiger partial charge is 0.479 e. The maximum atomic E-state index is 13.4. The van der Waals surface area contributed by atoms with Crippen molar-refractivity contribution >= 4 is 29.1 Å². The maximum absolute atomic E-state index is 13.4. The summed E-state index contributed by atoms with van der Waals surface area (Å²) in [7, 11) is 0. The summed E-state index contributed by atoms with van der Waals surface area (Å²) in [6.07, 6.45) is -4.94. The van der Waals surface area contributed by atoms with Crippen molar-refractivity contribution in [3.63, 3.8) is 0 Å². The van der Waals surface area contributed by atoms with Gasteiger partial charge in [-0.15, -0.1) is 23.1 Å². The highest BCUT2D eigenvalue weighted by molar-refractivity contribution is 7.98. The highest BCUT2D eigenvalue weighted by Gasteiger charge is 2.30. The summed E-state index contributed by atoms with van der Waals surface area (Å²) in [6.45, 7) is 3.30. The molecule has 1 heterocycles. The summed E-state index contributed by atoms with van der Waals surface area (Å²) < 4.78 is 57.9. The Kier molecular flexibility index (Phi) is 8.42. The summed E-state index contributed by atoms with van der Waals surface area (Å²) in [5, 5.41) is 9.68. The standard InChI is InChI=1S/C28H23F4NO3S2/c1-16-13-22(11-12-24(16)36-17(2)27(34)35)37-15-25-23(14-18-3-9-21(29)10-4-18)33-26(38-25)19-5-7-20(8-6-19)28(30,31)32/h3-13,17H,14-15H2,1-2H3,(H,34,35). The third kappa shape index (κ3) is 6.93. The molecule has 0 saturated carbocycles. The van der Waals surface area contributed by atoms with Crippen LogP contribution in [0.3, 0.4) is 0 Å². The van der Waals surface area contributed by atoms with Gasteiger partial charge in [0.25, 0.3) is 0 Å². The molecule has 0 saturated heterocycles. The van der Waals surface area contributed by atoms with Crippen LogP contribution in [0.4, 0.5) is 17.6 Å².